The lowest BCUT2D eigenvalue weighted by Gasteiger charge is -2.18. The molecule has 0 unspecified atom stereocenters. The van der Waals surface area contributed by atoms with Crippen LogP contribution in [0.15, 0.2) is 23.1 Å². The van der Waals surface area contributed by atoms with E-state index in [0.717, 1.165) is 23.7 Å². The predicted molar refractivity (Wildman–Crippen MR) is 91.0 cm³/mol. The van der Waals surface area contributed by atoms with Gasteiger partial charge in [-0.3, -0.25) is 4.79 Å². The van der Waals surface area contributed by atoms with Gasteiger partial charge in [0.05, 0.1) is 6.54 Å². The molecule has 0 atom stereocenters. The third-order valence-electron chi connectivity index (χ3n) is 3.31. The molecule has 1 amide bonds. The molecule has 21 heavy (non-hydrogen) atoms. The minimum Gasteiger partial charge on any atom is -0.325 e. The summed E-state index contributed by atoms with van der Waals surface area (Å²) in [6.45, 7) is 10.0. The second-order valence-electron chi connectivity index (χ2n) is 6.81. The van der Waals surface area contributed by atoms with E-state index in [1.807, 2.05) is 24.8 Å². The van der Waals surface area contributed by atoms with E-state index in [4.69, 9.17) is 0 Å². The number of hydrogen-bond acceptors (Lipinski definition) is 3. The minimum atomic E-state index is 0.0370. The van der Waals surface area contributed by atoms with Crippen molar-refractivity contribution in [3.05, 3.63) is 23.8 Å². The molecule has 1 aromatic carbocycles. The van der Waals surface area contributed by atoms with E-state index in [-0.39, 0.29) is 10.7 Å². The monoisotopic (exact) mass is 306 g/mol. The molecular formula is C17H26N2OS. The molecule has 3 nitrogen and oxygen atoms in total. The van der Waals surface area contributed by atoms with Crippen molar-refractivity contribution in [3.63, 3.8) is 0 Å². The van der Waals surface area contributed by atoms with Gasteiger partial charge < -0.3 is 10.6 Å². The topological polar surface area (TPSA) is 41.1 Å². The van der Waals surface area contributed by atoms with Gasteiger partial charge in [-0.15, -0.1) is 11.8 Å². The highest BCUT2D eigenvalue weighted by Crippen LogP contribution is 2.33. The van der Waals surface area contributed by atoms with E-state index in [1.54, 1.807) is 0 Å². The predicted octanol–water partition coefficient (Wildman–Crippen LogP) is 3.82. The molecule has 2 N–H and O–H groups in total. The van der Waals surface area contributed by atoms with Gasteiger partial charge in [0.15, 0.2) is 0 Å². The summed E-state index contributed by atoms with van der Waals surface area (Å²) in [5.74, 6) is 0.836. The molecule has 0 bridgehead atoms. The first-order valence-electron chi connectivity index (χ1n) is 7.64. The lowest BCUT2D eigenvalue weighted by atomic mass is 10.2. The van der Waals surface area contributed by atoms with Crippen molar-refractivity contribution in [2.45, 2.75) is 50.2 Å². The Balaban J connectivity index is 1.85. The van der Waals surface area contributed by atoms with Gasteiger partial charge in [-0.25, -0.2) is 0 Å². The zero-order chi connectivity index (χ0) is 15.5. The number of rotatable bonds is 6. The summed E-state index contributed by atoms with van der Waals surface area (Å²) in [6, 6.07) is 6.22. The fraction of sp³-hybridized carbons (Fsp3) is 0.588. The zero-order valence-corrected chi connectivity index (χ0v) is 14.3. The van der Waals surface area contributed by atoms with Crippen molar-refractivity contribution >= 4 is 23.4 Å². The molecule has 1 aliphatic rings. The molecule has 1 aromatic rings. The fourth-order valence-electron chi connectivity index (χ4n) is 2.10. The Morgan fingerprint density at radius 1 is 1.33 bits per heavy atom. The number of hydrogen-bond donors (Lipinski definition) is 2. The van der Waals surface area contributed by atoms with Crippen molar-refractivity contribution in [1.82, 2.24) is 5.32 Å². The van der Waals surface area contributed by atoms with Crippen molar-refractivity contribution < 1.29 is 4.79 Å². The number of aryl methyl sites for hydroxylation is 1. The highest BCUT2D eigenvalue weighted by Gasteiger charge is 2.20. The Morgan fingerprint density at radius 3 is 2.62 bits per heavy atom. The minimum absolute atomic E-state index is 0.0370. The molecule has 1 aliphatic carbocycles. The first-order valence-corrected chi connectivity index (χ1v) is 8.45. The Labute approximate surface area is 132 Å². The van der Waals surface area contributed by atoms with Gasteiger partial charge in [-0.05, 0) is 56.0 Å². The number of carbonyl (C=O) groups excluding carboxylic acids is 1. The number of anilines is 1. The van der Waals surface area contributed by atoms with Gasteiger partial charge in [0.1, 0.15) is 0 Å². The number of amides is 1. The summed E-state index contributed by atoms with van der Waals surface area (Å²) in [6.07, 6.45) is 2.61. The van der Waals surface area contributed by atoms with Gasteiger partial charge in [0, 0.05) is 15.3 Å². The van der Waals surface area contributed by atoms with Crippen LogP contribution >= 0.6 is 11.8 Å². The quantitative estimate of drug-likeness (QED) is 0.785. The summed E-state index contributed by atoms with van der Waals surface area (Å²) in [5.41, 5.74) is 2.02. The molecule has 1 saturated carbocycles. The van der Waals surface area contributed by atoms with Crippen LogP contribution in [0.3, 0.4) is 0 Å². The van der Waals surface area contributed by atoms with Gasteiger partial charge in [-0.1, -0.05) is 20.8 Å². The number of thioether (sulfide) groups is 1. The third-order valence-corrected chi connectivity index (χ3v) is 4.41. The first kappa shape index (κ1) is 16.4. The van der Waals surface area contributed by atoms with Crippen LogP contribution in [0.5, 0.6) is 0 Å². The lowest BCUT2D eigenvalue weighted by molar-refractivity contribution is -0.115. The Bertz CT molecular complexity index is 504. The molecule has 1 fully saturated rings. The molecule has 0 saturated heterocycles. The van der Waals surface area contributed by atoms with E-state index in [1.165, 1.54) is 17.7 Å². The van der Waals surface area contributed by atoms with Crippen molar-refractivity contribution in [2.24, 2.45) is 5.92 Å². The molecule has 0 aromatic heterocycles. The van der Waals surface area contributed by atoms with E-state index < -0.39 is 0 Å². The summed E-state index contributed by atoms with van der Waals surface area (Å²) in [5, 5.41) is 6.20. The molecule has 0 heterocycles. The number of benzene rings is 1. The van der Waals surface area contributed by atoms with Crippen LogP contribution in [-0.4, -0.2) is 23.7 Å². The summed E-state index contributed by atoms with van der Waals surface area (Å²) in [4.78, 5) is 13.1. The molecular weight excluding hydrogens is 280 g/mol. The van der Waals surface area contributed by atoms with Gasteiger partial charge in [-0.2, -0.15) is 0 Å². The maximum absolute atomic E-state index is 11.9. The second-order valence-corrected chi connectivity index (χ2v) is 8.71. The zero-order valence-electron chi connectivity index (χ0n) is 13.5. The maximum atomic E-state index is 11.9. The maximum Gasteiger partial charge on any atom is 0.238 e. The molecule has 116 valence electrons. The van der Waals surface area contributed by atoms with Crippen molar-refractivity contribution in [3.8, 4) is 0 Å². The smallest absolute Gasteiger partial charge is 0.238 e. The summed E-state index contributed by atoms with van der Waals surface area (Å²) in [7, 11) is 0. The molecule has 2 rings (SSSR count). The molecule has 0 spiro atoms. The highest BCUT2D eigenvalue weighted by molar-refractivity contribution is 8.00. The van der Waals surface area contributed by atoms with Crippen LogP contribution < -0.4 is 10.6 Å². The van der Waals surface area contributed by atoms with Crippen LogP contribution in [0.1, 0.15) is 39.2 Å². The Kier molecular flexibility index (Phi) is 5.33. The van der Waals surface area contributed by atoms with E-state index in [2.05, 4.69) is 43.5 Å². The standard InChI is InChI=1S/C17H26N2OS/c1-12-9-14(21-17(2,3)4)7-8-15(12)19-16(20)11-18-10-13-5-6-13/h7-9,13,18H,5-6,10-11H2,1-4H3,(H,19,20). The van der Waals surface area contributed by atoms with E-state index in [0.29, 0.717) is 6.54 Å². The van der Waals surface area contributed by atoms with Gasteiger partial charge in [0.25, 0.3) is 0 Å². The highest BCUT2D eigenvalue weighted by atomic mass is 32.2. The summed E-state index contributed by atoms with van der Waals surface area (Å²) >= 11 is 1.84. The van der Waals surface area contributed by atoms with Crippen LogP contribution in [-0.2, 0) is 4.79 Å². The normalized spacial score (nSPS) is 15.0. The SMILES string of the molecule is Cc1cc(SC(C)(C)C)ccc1NC(=O)CNCC1CC1. The molecule has 4 heteroatoms. The molecule has 0 radical (unpaired) electrons. The Hall–Kier alpha value is -1.00. The van der Waals surface area contributed by atoms with Crippen LogP contribution in [0, 0.1) is 12.8 Å². The average Bonchev–Trinajstić information content (AvgIpc) is 3.15. The number of nitrogens with one attached hydrogen (secondary N) is 2. The van der Waals surface area contributed by atoms with Gasteiger partial charge >= 0.3 is 0 Å². The van der Waals surface area contributed by atoms with Crippen LogP contribution in [0.4, 0.5) is 5.69 Å². The van der Waals surface area contributed by atoms with Gasteiger partial charge in [0.2, 0.25) is 5.91 Å². The van der Waals surface area contributed by atoms with E-state index in [9.17, 15) is 4.79 Å². The Morgan fingerprint density at radius 2 is 2.05 bits per heavy atom. The lowest BCUT2D eigenvalue weighted by Crippen LogP contribution is -2.29. The fourth-order valence-corrected chi connectivity index (χ4v) is 3.18. The summed E-state index contributed by atoms with van der Waals surface area (Å²) < 4.78 is 0.198. The van der Waals surface area contributed by atoms with Crippen molar-refractivity contribution in [1.29, 1.82) is 0 Å². The second kappa shape index (κ2) is 6.84. The molecule has 0 aliphatic heterocycles. The largest absolute Gasteiger partial charge is 0.325 e. The number of carbonyl (C=O) groups is 1. The third kappa shape index (κ3) is 6.10. The van der Waals surface area contributed by atoms with Crippen molar-refractivity contribution in [2.75, 3.05) is 18.4 Å². The van der Waals surface area contributed by atoms with E-state index >= 15 is 0 Å². The van der Waals surface area contributed by atoms with Crippen LogP contribution in [0.2, 0.25) is 0 Å². The average molecular weight is 306 g/mol. The van der Waals surface area contributed by atoms with Crippen LogP contribution in [0.25, 0.3) is 0 Å². The first-order chi connectivity index (χ1) is 9.83.